The molecule has 0 spiro atoms. The molecule has 7 nitrogen and oxygen atoms in total. The fourth-order valence-corrected chi connectivity index (χ4v) is 3.51. The summed E-state index contributed by atoms with van der Waals surface area (Å²) in [5, 5.41) is 6.47. The van der Waals surface area contributed by atoms with Gasteiger partial charge in [-0.2, -0.15) is 0 Å². The average Bonchev–Trinajstić information content (AvgIpc) is 3.60. The standard InChI is InChI=1S/C24H26N4O3/c1-15(16-11-13-18(14-12-16)26-23(30)17-9-10-17)25-22(29)8-4-7-21-27-20-6-3-2-5-19(20)24(31)28-21/h2-3,5-6,11-15,17H,4,7-10H2,1H3,(H,25,29)(H,26,30)(H,27,28,31). The first-order chi connectivity index (χ1) is 15.0. The molecule has 0 aliphatic heterocycles. The molecular formula is C24H26N4O3. The Kier molecular flexibility index (Phi) is 6.11. The Hall–Kier alpha value is -3.48. The summed E-state index contributed by atoms with van der Waals surface area (Å²) < 4.78 is 0. The number of rotatable bonds is 8. The highest BCUT2D eigenvalue weighted by molar-refractivity contribution is 5.94. The molecule has 1 unspecified atom stereocenters. The summed E-state index contributed by atoms with van der Waals surface area (Å²) in [5.74, 6) is 0.784. The molecule has 3 aromatic rings. The van der Waals surface area contributed by atoms with Crippen molar-refractivity contribution in [3.63, 3.8) is 0 Å². The summed E-state index contributed by atoms with van der Waals surface area (Å²) in [6.45, 7) is 1.93. The van der Waals surface area contributed by atoms with Crippen LogP contribution in [0.15, 0.2) is 53.3 Å². The van der Waals surface area contributed by atoms with Crippen molar-refractivity contribution in [2.75, 3.05) is 5.32 Å². The number of hydrogen-bond acceptors (Lipinski definition) is 4. The Morgan fingerprint density at radius 1 is 1.13 bits per heavy atom. The lowest BCUT2D eigenvalue weighted by molar-refractivity contribution is -0.121. The van der Waals surface area contributed by atoms with E-state index >= 15 is 0 Å². The molecule has 1 heterocycles. The molecule has 160 valence electrons. The number of nitrogens with zero attached hydrogens (tertiary/aromatic N) is 1. The van der Waals surface area contributed by atoms with E-state index < -0.39 is 0 Å². The molecule has 2 amide bonds. The molecule has 1 aromatic heterocycles. The molecular weight excluding hydrogens is 392 g/mol. The Bertz CT molecular complexity index is 1150. The van der Waals surface area contributed by atoms with Crippen LogP contribution >= 0.6 is 0 Å². The van der Waals surface area contributed by atoms with Crippen LogP contribution in [0.3, 0.4) is 0 Å². The maximum absolute atomic E-state index is 12.3. The van der Waals surface area contributed by atoms with Gasteiger partial charge in [0, 0.05) is 24.4 Å². The number of aromatic amines is 1. The van der Waals surface area contributed by atoms with Gasteiger partial charge in [0.15, 0.2) is 0 Å². The first kappa shape index (κ1) is 20.8. The zero-order chi connectivity index (χ0) is 21.8. The number of para-hydroxylation sites is 1. The molecule has 0 bridgehead atoms. The lowest BCUT2D eigenvalue weighted by atomic mass is 10.1. The Balaban J connectivity index is 1.25. The molecule has 1 fully saturated rings. The van der Waals surface area contributed by atoms with Gasteiger partial charge in [-0.3, -0.25) is 14.4 Å². The Labute approximate surface area is 180 Å². The van der Waals surface area contributed by atoms with E-state index in [1.54, 1.807) is 6.07 Å². The van der Waals surface area contributed by atoms with E-state index in [9.17, 15) is 14.4 Å². The van der Waals surface area contributed by atoms with Gasteiger partial charge in [-0.1, -0.05) is 24.3 Å². The highest BCUT2D eigenvalue weighted by Gasteiger charge is 2.29. The van der Waals surface area contributed by atoms with Crippen LogP contribution in [0.25, 0.3) is 10.9 Å². The minimum Gasteiger partial charge on any atom is -0.350 e. The number of carbonyl (C=O) groups is 2. The van der Waals surface area contributed by atoms with E-state index in [-0.39, 0.29) is 29.3 Å². The van der Waals surface area contributed by atoms with Crippen LogP contribution in [0.1, 0.15) is 50.0 Å². The molecule has 1 aliphatic carbocycles. The van der Waals surface area contributed by atoms with Crippen molar-refractivity contribution >= 4 is 28.4 Å². The van der Waals surface area contributed by atoms with E-state index in [0.29, 0.717) is 36.0 Å². The lowest BCUT2D eigenvalue weighted by Crippen LogP contribution is -2.26. The van der Waals surface area contributed by atoms with E-state index in [4.69, 9.17) is 0 Å². The van der Waals surface area contributed by atoms with Crippen molar-refractivity contribution in [1.82, 2.24) is 15.3 Å². The summed E-state index contributed by atoms with van der Waals surface area (Å²) in [5.41, 5.74) is 2.25. The summed E-state index contributed by atoms with van der Waals surface area (Å²) >= 11 is 0. The third kappa shape index (κ3) is 5.36. The number of anilines is 1. The van der Waals surface area contributed by atoms with Gasteiger partial charge in [-0.25, -0.2) is 4.98 Å². The predicted molar refractivity (Wildman–Crippen MR) is 120 cm³/mol. The number of nitrogens with one attached hydrogen (secondary N) is 3. The highest BCUT2D eigenvalue weighted by atomic mass is 16.2. The van der Waals surface area contributed by atoms with Crippen molar-refractivity contribution in [1.29, 1.82) is 0 Å². The third-order valence-electron chi connectivity index (χ3n) is 5.48. The lowest BCUT2D eigenvalue weighted by Gasteiger charge is -2.15. The summed E-state index contributed by atoms with van der Waals surface area (Å²) in [7, 11) is 0. The largest absolute Gasteiger partial charge is 0.350 e. The van der Waals surface area contributed by atoms with Crippen LogP contribution in [0.2, 0.25) is 0 Å². The van der Waals surface area contributed by atoms with Crippen molar-refractivity contribution in [2.24, 2.45) is 5.92 Å². The van der Waals surface area contributed by atoms with Gasteiger partial charge in [0.05, 0.1) is 16.9 Å². The molecule has 3 N–H and O–H groups in total. The minimum absolute atomic E-state index is 0.0539. The molecule has 0 radical (unpaired) electrons. The van der Waals surface area contributed by atoms with Crippen LogP contribution in [-0.4, -0.2) is 21.8 Å². The van der Waals surface area contributed by atoms with Crippen molar-refractivity contribution in [2.45, 2.75) is 45.1 Å². The van der Waals surface area contributed by atoms with Gasteiger partial charge in [0.1, 0.15) is 5.82 Å². The predicted octanol–water partition coefficient (Wildman–Crippen LogP) is 3.47. The molecule has 2 aromatic carbocycles. The number of aryl methyl sites for hydroxylation is 1. The van der Waals surface area contributed by atoms with Crippen LogP contribution < -0.4 is 16.2 Å². The van der Waals surface area contributed by atoms with Gasteiger partial charge < -0.3 is 15.6 Å². The van der Waals surface area contributed by atoms with E-state index in [1.165, 1.54) is 0 Å². The maximum atomic E-state index is 12.3. The zero-order valence-corrected chi connectivity index (χ0v) is 17.5. The quantitative estimate of drug-likeness (QED) is 0.521. The summed E-state index contributed by atoms with van der Waals surface area (Å²) in [6.07, 6.45) is 3.40. The average molecular weight is 418 g/mol. The zero-order valence-electron chi connectivity index (χ0n) is 17.5. The van der Waals surface area contributed by atoms with Gasteiger partial charge in [0.2, 0.25) is 11.8 Å². The minimum atomic E-state index is -0.157. The Morgan fingerprint density at radius 2 is 1.87 bits per heavy atom. The van der Waals surface area contributed by atoms with Crippen LogP contribution in [0.5, 0.6) is 0 Å². The van der Waals surface area contributed by atoms with Gasteiger partial charge in [-0.05, 0) is 56.0 Å². The molecule has 4 rings (SSSR count). The number of benzene rings is 2. The number of H-pyrrole nitrogens is 1. The van der Waals surface area contributed by atoms with Gasteiger partial charge in [-0.15, -0.1) is 0 Å². The monoisotopic (exact) mass is 418 g/mol. The van der Waals surface area contributed by atoms with Crippen molar-refractivity contribution < 1.29 is 9.59 Å². The number of fused-ring (bicyclic) bond motifs is 1. The number of amides is 2. The third-order valence-corrected chi connectivity index (χ3v) is 5.48. The van der Waals surface area contributed by atoms with Crippen LogP contribution in [0, 0.1) is 5.92 Å². The fourth-order valence-electron chi connectivity index (χ4n) is 3.51. The van der Waals surface area contributed by atoms with Gasteiger partial charge in [0.25, 0.3) is 5.56 Å². The molecule has 1 aliphatic rings. The molecule has 31 heavy (non-hydrogen) atoms. The van der Waals surface area contributed by atoms with Crippen LogP contribution in [0.4, 0.5) is 5.69 Å². The molecule has 1 saturated carbocycles. The molecule has 1 atom stereocenters. The Morgan fingerprint density at radius 3 is 2.61 bits per heavy atom. The van der Waals surface area contributed by atoms with Crippen molar-refractivity contribution in [3.8, 4) is 0 Å². The van der Waals surface area contributed by atoms with Crippen LogP contribution in [-0.2, 0) is 16.0 Å². The van der Waals surface area contributed by atoms with Crippen molar-refractivity contribution in [3.05, 3.63) is 70.3 Å². The SMILES string of the molecule is CC(NC(=O)CCCc1nc2ccccc2c(=O)[nH]1)c1ccc(NC(=O)C2CC2)cc1. The molecule has 7 heteroatoms. The van der Waals surface area contributed by atoms with E-state index in [1.807, 2.05) is 49.4 Å². The smallest absolute Gasteiger partial charge is 0.258 e. The second-order valence-corrected chi connectivity index (χ2v) is 8.06. The molecule has 0 saturated heterocycles. The maximum Gasteiger partial charge on any atom is 0.258 e. The van der Waals surface area contributed by atoms with Gasteiger partial charge >= 0.3 is 0 Å². The van der Waals surface area contributed by atoms with E-state index in [2.05, 4.69) is 20.6 Å². The number of aromatic nitrogens is 2. The highest BCUT2D eigenvalue weighted by Crippen LogP contribution is 2.30. The fraction of sp³-hybridized carbons (Fsp3) is 0.333. The summed E-state index contributed by atoms with van der Waals surface area (Å²) in [6, 6.07) is 14.6. The topological polar surface area (TPSA) is 104 Å². The number of hydrogen-bond donors (Lipinski definition) is 3. The first-order valence-electron chi connectivity index (χ1n) is 10.7. The second-order valence-electron chi connectivity index (χ2n) is 8.06. The second kappa shape index (κ2) is 9.12. The normalized spacial score (nSPS) is 14.2. The number of carbonyl (C=O) groups excluding carboxylic acids is 2. The van der Waals surface area contributed by atoms with E-state index in [0.717, 1.165) is 24.1 Å². The first-order valence-corrected chi connectivity index (χ1v) is 10.7. The summed E-state index contributed by atoms with van der Waals surface area (Å²) in [4.78, 5) is 43.5.